The number of benzene rings is 3. The molecule has 0 radical (unpaired) electrons. The van der Waals surface area contributed by atoms with Crippen molar-refractivity contribution in [3.05, 3.63) is 106 Å². The van der Waals surface area contributed by atoms with E-state index in [0.717, 1.165) is 52.9 Å². The molecule has 1 fully saturated rings. The molecule has 3 aromatic rings. The topological polar surface area (TPSA) is 41.6 Å². The summed E-state index contributed by atoms with van der Waals surface area (Å²) in [5, 5.41) is 0. The number of hydrogen-bond acceptors (Lipinski definition) is 2. The van der Waals surface area contributed by atoms with Crippen molar-refractivity contribution in [2.75, 3.05) is 11.4 Å². The van der Waals surface area contributed by atoms with Crippen molar-refractivity contribution in [3.63, 3.8) is 0 Å². The summed E-state index contributed by atoms with van der Waals surface area (Å²) in [6.45, 7) is 8.91. The van der Waals surface area contributed by atoms with Gasteiger partial charge in [-0.1, -0.05) is 54.6 Å². The highest BCUT2D eigenvalue weighted by atomic mass is 19.4. The zero-order valence-corrected chi connectivity index (χ0v) is 20.9. The van der Waals surface area contributed by atoms with Gasteiger partial charge in [0.25, 0.3) is 0 Å². The maximum Gasteiger partial charge on any atom is 0.419 e. The van der Waals surface area contributed by atoms with E-state index in [2.05, 4.69) is 17.5 Å². The maximum absolute atomic E-state index is 14.3. The summed E-state index contributed by atoms with van der Waals surface area (Å²) in [5.74, 6) is -0.860. The summed E-state index contributed by atoms with van der Waals surface area (Å²) in [7, 11) is 0. The molecule has 1 heterocycles. The van der Waals surface area contributed by atoms with Crippen LogP contribution >= 0.6 is 0 Å². The molecule has 192 valence electrons. The molecule has 1 atom stereocenters. The minimum atomic E-state index is -4.72. The van der Waals surface area contributed by atoms with E-state index in [1.165, 1.54) is 11.6 Å². The summed E-state index contributed by atoms with van der Waals surface area (Å²) < 4.78 is 53.4. The third kappa shape index (κ3) is 4.75. The van der Waals surface area contributed by atoms with Crippen molar-refractivity contribution >= 4 is 17.1 Å². The van der Waals surface area contributed by atoms with Crippen molar-refractivity contribution in [1.29, 1.82) is 0 Å². The third-order valence-corrected chi connectivity index (χ3v) is 7.48. The lowest BCUT2D eigenvalue weighted by Gasteiger charge is -2.23. The van der Waals surface area contributed by atoms with Gasteiger partial charge in [0.05, 0.1) is 17.3 Å². The summed E-state index contributed by atoms with van der Waals surface area (Å²) in [6.07, 6.45) is -2.66. The monoisotopic (exact) mass is 507 g/mol. The van der Waals surface area contributed by atoms with Crippen LogP contribution in [0, 0.1) is 5.82 Å². The summed E-state index contributed by atoms with van der Waals surface area (Å²) in [5.41, 5.74) is 11.8. The van der Waals surface area contributed by atoms with E-state index in [1.807, 2.05) is 50.2 Å². The standard InChI is InChI=1S/C30H29F4N3/c1-18(2)21-8-10-22(11-9-21)19(3)36-28(35)23-5-4-6-25-27(23)37(17-29(25)13-14-29)16-20-7-12-24(26(31)15-20)30(32,33)34/h4-12,15,19H,1,13-14,16-17H2,2-3H3,(H2,35,36). The zero-order chi connectivity index (χ0) is 26.5. The molecule has 3 aromatic carbocycles. The van der Waals surface area contributed by atoms with Crippen LogP contribution in [0.15, 0.2) is 72.2 Å². The van der Waals surface area contributed by atoms with Crippen LogP contribution in [0.3, 0.4) is 0 Å². The van der Waals surface area contributed by atoms with Gasteiger partial charge >= 0.3 is 6.18 Å². The number of hydrogen-bond donors (Lipinski definition) is 1. The Morgan fingerprint density at radius 3 is 2.41 bits per heavy atom. The lowest BCUT2D eigenvalue weighted by atomic mass is 9.96. The summed E-state index contributed by atoms with van der Waals surface area (Å²) >= 11 is 0. The van der Waals surface area contributed by atoms with Crippen LogP contribution in [0.1, 0.15) is 66.1 Å². The molecule has 37 heavy (non-hydrogen) atoms. The van der Waals surface area contributed by atoms with Crippen molar-refractivity contribution in [2.45, 2.75) is 50.9 Å². The highest BCUT2D eigenvalue weighted by Gasteiger charge is 2.52. The molecule has 0 saturated heterocycles. The van der Waals surface area contributed by atoms with E-state index in [-0.39, 0.29) is 18.0 Å². The second-order valence-electron chi connectivity index (χ2n) is 10.2. The molecule has 0 aromatic heterocycles. The normalized spacial score (nSPS) is 17.1. The number of aliphatic imine (C=N–C) groups is 1. The Morgan fingerprint density at radius 1 is 1.11 bits per heavy atom. The van der Waals surface area contributed by atoms with Crippen LogP contribution in [0.25, 0.3) is 5.57 Å². The smallest absolute Gasteiger partial charge is 0.383 e. The highest BCUT2D eigenvalue weighted by Crippen LogP contribution is 2.57. The Balaban J connectivity index is 1.46. The predicted octanol–water partition coefficient (Wildman–Crippen LogP) is 7.40. The van der Waals surface area contributed by atoms with Gasteiger partial charge in [-0.25, -0.2) is 4.39 Å². The fourth-order valence-corrected chi connectivity index (χ4v) is 5.27. The molecule has 1 saturated carbocycles. The first-order chi connectivity index (χ1) is 17.5. The SMILES string of the molecule is C=C(C)c1ccc(C(C)N=C(N)c2cccc3c2N(Cc2ccc(C(F)(F)F)c(F)c2)CC32CC2)cc1. The highest BCUT2D eigenvalue weighted by molar-refractivity contribution is 6.04. The summed E-state index contributed by atoms with van der Waals surface area (Å²) in [6, 6.07) is 17.0. The lowest BCUT2D eigenvalue weighted by molar-refractivity contribution is -0.140. The van der Waals surface area contributed by atoms with Crippen LogP contribution < -0.4 is 10.6 Å². The van der Waals surface area contributed by atoms with E-state index in [1.54, 1.807) is 0 Å². The van der Waals surface area contributed by atoms with Gasteiger partial charge in [0.2, 0.25) is 0 Å². The molecule has 1 spiro atoms. The van der Waals surface area contributed by atoms with Crippen molar-refractivity contribution in [2.24, 2.45) is 10.7 Å². The number of nitrogens with two attached hydrogens (primary N) is 1. The van der Waals surface area contributed by atoms with Crippen LogP contribution in [-0.4, -0.2) is 12.4 Å². The van der Waals surface area contributed by atoms with E-state index in [4.69, 9.17) is 10.7 Å². The van der Waals surface area contributed by atoms with Crippen molar-refractivity contribution in [3.8, 4) is 0 Å². The van der Waals surface area contributed by atoms with Gasteiger partial charge in [-0.2, -0.15) is 13.2 Å². The molecular formula is C30H29F4N3. The first kappa shape index (κ1) is 25.1. The number of rotatable bonds is 6. The van der Waals surface area contributed by atoms with Gasteiger partial charge in [-0.05, 0) is 67.1 Å². The molecule has 5 rings (SSSR count). The lowest BCUT2D eigenvalue weighted by Crippen LogP contribution is -2.26. The van der Waals surface area contributed by atoms with Gasteiger partial charge in [-0.15, -0.1) is 0 Å². The number of allylic oxidation sites excluding steroid dienone is 1. The van der Waals surface area contributed by atoms with Crippen LogP contribution in [0.2, 0.25) is 0 Å². The molecule has 2 aliphatic rings. The fourth-order valence-electron chi connectivity index (χ4n) is 5.27. The van der Waals surface area contributed by atoms with Crippen LogP contribution in [-0.2, 0) is 18.1 Å². The van der Waals surface area contributed by atoms with E-state index in [9.17, 15) is 17.6 Å². The van der Waals surface area contributed by atoms with Crippen LogP contribution in [0.5, 0.6) is 0 Å². The molecule has 3 nitrogen and oxygen atoms in total. The first-order valence-corrected chi connectivity index (χ1v) is 12.3. The molecule has 1 aliphatic heterocycles. The maximum atomic E-state index is 14.3. The Hall–Kier alpha value is -3.61. The Labute approximate surface area is 214 Å². The van der Waals surface area contributed by atoms with Gasteiger partial charge in [0.15, 0.2) is 0 Å². The molecule has 2 N–H and O–H groups in total. The van der Waals surface area contributed by atoms with Crippen molar-refractivity contribution in [1.82, 2.24) is 0 Å². The minimum Gasteiger partial charge on any atom is -0.383 e. The molecule has 7 heteroatoms. The Morgan fingerprint density at radius 2 is 1.81 bits per heavy atom. The number of nitrogens with zero attached hydrogens (tertiary/aromatic N) is 2. The van der Waals surface area contributed by atoms with E-state index in [0.29, 0.717) is 17.9 Å². The minimum absolute atomic E-state index is 0.0140. The fraction of sp³-hybridized carbons (Fsp3) is 0.300. The van der Waals surface area contributed by atoms with Gasteiger partial charge in [-0.3, -0.25) is 4.99 Å². The van der Waals surface area contributed by atoms with Crippen molar-refractivity contribution < 1.29 is 17.6 Å². The number of amidine groups is 1. The largest absolute Gasteiger partial charge is 0.419 e. The molecule has 0 bridgehead atoms. The second kappa shape index (κ2) is 9.05. The number of para-hydroxylation sites is 1. The van der Waals surface area contributed by atoms with E-state index >= 15 is 0 Å². The van der Waals surface area contributed by atoms with Gasteiger partial charge in [0.1, 0.15) is 11.7 Å². The second-order valence-corrected chi connectivity index (χ2v) is 10.2. The molecule has 0 amide bonds. The number of anilines is 1. The summed E-state index contributed by atoms with van der Waals surface area (Å²) in [4.78, 5) is 6.90. The average molecular weight is 508 g/mol. The quantitative estimate of drug-likeness (QED) is 0.215. The molecular weight excluding hydrogens is 478 g/mol. The zero-order valence-electron chi connectivity index (χ0n) is 20.9. The number of fused-ring (bicyclic) bond motifs is 2. The van der Waals surface area contributed by atoms with E-state index < -0.39 is 17.6 Å². The number of alkyl halides is 3. The first-order valence-electron chi connectivity index (χ1n) is 12.3. The van der Waals surface area contributed by atoms with Gasteiger partial charge < -0.3 is 10.6 Å². The van der Waals surface area contributed by atoms with Crippen LogP contribution in [0.4, 0.5) is 23.2 Å². The number of halogens is 4. The Bertz CT molecular complexity index is 1380. The average Bonchev–Trinajstić information content (AvgIpc) is 3.56. The third-order valence-electron chi connectivity index (χ3n) is 7.48. The Kier molecular flexibility index (Phi) is 6.13. The molecule has 1 aliphatic carbocycles. The van der Waals surface area contributed by atoms with Gasteiger partial charge in [0, 0.05) is 24.1 Å². The predicted molar refractivity (Wildman–Crippen MR) is 140 cm³/mol. The molecule has 1 unspecified atom stereocenters.